The molecular weight excluding hydrogens is 283 g/mol. The Bertz CT molecular complexity index is 165. The average molecular weight is 323 g/mol. The van der Waals surface area contributed by atoms with Crippen LogP contribution in [0.2, 0.25) is 0 Å². The third kappa shape index (κ3) is 11.4. The summed E-state index contributed by atoms with van der Waals surface area (Å²) in [5, 5.41) is 0. The van der Waals surface area contributed by atoms with Crippen LogP contribution in [0, 0.1) is 0 Å². The van der Waals surface area contributed by atoms with Crippen molar-refractivity contribution in [2.75, 3.05) is 24.6 Å². The van der Waals surface area contributed by atoms with E-state index >= 15 is 0 Å². The molecule has 0 heterocycles. The van der Waals surface area contributed by atoms with Gasteiger partial charge in [-0.1, -0.05) is 59.8 Å². The molecule has 0 saturated carbocycles. The van der Waals surface area contributed by atoms with E-state index in [9.17, 15) is 0 Å². The number of rotatable bonds is 14. The fraction of sp³-hybridized carbons (Fsp3) is 1.00. The van der Waals surface area contributed by atoms with Gasteiger partial charge in [-0.05, 0) is 32.1 Å². The molecule has 0 nitrogen and oxygen atoms in total. The van der Waals surface area contributed by atoms with Gasteiger partial charge in [-0.3, -0.25) is 0 Å². The summed E-state index contributed by atoms with van der Waals surface area (Å²) in [6.07, 6.45) is 20.9. The lowest BCUT2D eigenvalue weighted by atomic mass is 10.1. The topological polar surface area (TPSA) is 0 Å². The fourth-order valence-corrected chi connectivity index (χ4v) is 8.58. The lowest BCUT2D eigenvalue weighted by Crippen LogP contribution is -3.00. The Morgan fingerprint density at radius 1 is 0.450 bits per heavy atom. The first kappa shape index (κ1) is 23.0. The second kappa shape index (κ2) is 16.1. The molecule has 0 fully saturated rings. The van der Waals surface area contributed by atoms with Gasteiger partial charge in [0, 0.05) is 7.26 Å². The highest BCUT2D eigenvalue weighted by atomic mass is 35.5. The maximum atomic E-state index is 2.39. The van der Waals surface area contributed by atoms with E-state index in [4.69, 9.17) is 0 Å². The van der Waals surface area contributed by atoms with Crippen molar-refractivity contribution in [2.24, 2.45) is 0 Å². The summed E-state index contributed by atoms with van der Waals surface area (Å²) in [5.41, 5.74) is 0. The Labute approximate surface area is 136 Å². The van der Waals surface area contributed by atoms with Crippen molar-refractivity contribution < 1.29 is 12.4 Å². The zero-order chi connectivity index (χ0) is 14.4. The Morgan fingerprint density at radius 3 is 1.25 bits per heavy atom. The normalized spacial score (nSPS) is 11.4. The highest BCUT2D eigenvalue weighted by Crippen LogP contribution is 2.60. The van der Waals surface area contributed by atoms with Gasteiger partial charge >= 0.3 is 0 Å². The molecule has 0 amide bonds. The van der Waals surface area contributed by atoms with Gasteiger partial charge in [-0.15, -0.1) is 0 Å². The van der Waals surface area contributed by atoms with Crippen molar-refractivity contribution in [1.29, 1.82) is 0 Å². The van der Waals surface area contributed by atoms with Crippen LogP contribution in [0.4, 0.5) is 0 Å². The second-order valence-corrected chi connectivity index (χ2v) is 10.8. The molecule has 0 rings (SSSR count). The van der Waals surface area contributed by atoms with Gasteiger partial charge in [0.15, 0.2) is 0 Å². The minimum atomic E-state index is -0.558. The van der Waals surface area contributed by atoms with E-state index < -0.39 is 7.26 Å². The molecular formula is C18H40ClP. The largest absolute Gasteiger partial charge is 1.00 e. The average Bonchev–Trinajstić information content (AvgIpc) is 2.39. The van der Waals surface area contributed by atoms with Crippen molar-refractivity contribution >= 4 is 7.26 Å². The molecule has 0 aromatic carbocycles. The summed E-state index contributed by atoms with van der Waals surface area (Å²) in [6, 6.07) is 0. The van der Waals surface area contributed by atoms with Crippen LogP contribution < -0.4 is 12.4 Å². The standard InChI is InChI=1S/C18H40P.ClH/c1-5-9-10-11-12-13-14-18-19(15-6-2,16-7-3)17-8-4;/h5-18H2,1-4H3;1H/q+1;/p-1. The van der Waals surface area contributed by atoms with Gasteiger partial charge in [0.1, 0.15) is 0 Å². The van der Waals surface area contributed by atoms with Crippen molar-refractivity contribution in [2.45, 2.75) is 91.9 Å². The maximum Gasteiger partial charge on any atom is 0.0594 e. The number of hydrogen-bond acceptors (Lipinski definition) is 0. The van der Waals surface area contributed by atoms with Crippen molar-refractivity contribution in [1.82, 2.24) is 0 Å². The summed E-state index contributed by atoms with van der Waals surface area (Å²) in [4.78, 5) is 0. The molecule has 0 spiro atoms. The molecule has 0 aliphatic carbocycles. The monoisotopic (exact) mass is 322 g/mol. The molecule has 2 heteroatoms. The molecule has 0 aromatic heterocycles. The lowest BCUT2D eigenvalue weighted by Gasteiger charge is -2.27. The molecule has 0 atom stereocenters. The van der Waals surface area contributed by atoms with Crippen LogP contribution in [0.15, 0.2) is 0 Å². The summed E-state index contributed by atoms with van der Waals surface area (Å²) in [6.45, 7) is 9.49. The molecule has 0 unspecified atom stereocenters. The minimum Gasteiger partial charge on any atom is -1.00 e. The van der Waals surface area contributed by atoms with Crippen LogP contribution in [-0.2, 0) is 0 Å². The maximum absolute atomic E-state index is 2.39. The van der Waals surface area contributed by atoms with E-state index in [0.29, 0.717) is 0 Å². The highest BCUT2D eigenvalue weighted by Gasteiger charge is 2.33. The smallest absolute Gasteiger partial charge is 0.0594 e. The molecule has 0 aromatic rings. The molecule has 124 valence electrons. The van der Waals surface area contributed by atoms with Crippen molar-refractivity contribution in [3.63, 3.8) is 0 Å². The summed E-state index contributed by atoms with van der Waals surface area (Å²) in [5.74, 6) is 0. The zero-order valence-electron chi connectivity index (χ0n) is 14.7. The summed E-state index contributed by atoms with van der Waals surface area (Å²) < 4.78 is 0. The molecule has 0 aliphatic heterocycles. The van der Waals surface area contributed by atoms with E-state index in [2.05, 4.69) is 27.7 Å². The van der Waals surface area contributed by atoms with Crippen LogP contribution in [-0.4, -0.2) is 24.6 Å². The highest BCUT2D eigenvalue weighted by molar-refractivity contribution is 7.75. The molecule has 20 heavy (non-hydrogen) atoms. The van der Waals surface area contributed by atoms with Gasteiger partial charge < -0.3 is 12.4 Å². The molecule has 0 N–H and O–H groups in total. The molecule has 0 bridgehead atoms. The van der Waals surface area contributed by atoms with Crippen LogP contribution >= 0.6 is 7.26 Å². The zero-order valence-corrected chi connectivity index (χ0v) is 16.4. The first-order valence-electron chi connectivity index (χ1n) is 9.09. The van der Waals surface area contributed by atoms with Gasteiger partial charge in [0.25, 0.3) is 0 Å². The molecule has 0 aliphatic rings. The van der Waals surface area contributed by atoms with E-state index in [1.165, 1.54) is 64.2 Å². The van der Waals surface area contributed by atoms with Crippen LogP contribution in [0.3, 0.4) is 0 Å². The third-order valence-corrected chi connectivity index (χ3v) is 9.78. The molecule has 0 radical (unpaired) electrons. The van der Waals surface area contributed by atoms with Crippen LogP contribution in [0.1, 0.15) is 91.9 Å². The van der Waals surface area contributed by atoms with Crippen LogP contribution in [0.25, 0.3) is 0 Å². The Morgan fingerprint density at radius 2 is 0.850 bits per heavy atom. The Balaban J connectivity index is 0. The first-order chi connectivity index (χ1) is 9.24. The van der Waals surface area contributed by atoms with Crippen molar-refractivity contribution in [3.05, 3.63) is 0 Å². The van der Waals surface area contributed by atoms with Gasteiger partial charge in [-0.25, -0.2) is 0 Å². The predicted molar refractivity (Wildman–Crippen MR) is 95.3 cm³/mol. The summed E-state index contributed by atoms with van der Waals surface area (Å²) in [7, 11) is -0.558. The quantitative estimate of drug-likeness (QED) is 0.335. The second-order valence-electron chi connectivity index (χ2n) is 6.36. The summed E-state index contributed by atoms with van der Waals surface area (Å²) >= 11 is 0. The third-order valence-electron chi connectivity index (χ3n) is 4.33. The number of hydrogen-bond donors (Lipinski definition) is 0. The lowest BCUT2D eigenvalue weighted by molar-refractivity contribution is -0.00000450. The Hall–Kier alpha value is 0.720. The van der Waals surface area contributed by atoms with Gasteiger partial charge in [-0.2, -0.15) is 0 Å². The van der Waals surface area contributed by atoms with E-state index in [0.717, 1.165) is 0 Å². The SMILES string of the molecule is CCCCCCCCC[P+](CCC)(CCC)CCC.[Cl-]. The van der Waals surface area contributed by atoms with E-state index in [1.807, 2.05) is 0 Å². The first-order valence-corrected chi connectivity index (χ1v) is 11.6. The fourth-order valence-electron chi connectivity index (χ4n) is 3.50. The number of halogens is 1. The van der Waals surface area contributed by atoms with Gasteiger partial charge in [0.05, 0.1) is 24.6 Å². The molecule has 0 saturated heterocycles. The predicted octanol–water partition coefficient (Wildman–Crippen LogP) is 3.99. The van der Waals surface area contributed by atoms with E-state index in [-0.39, 0.29) is 12.4 Å². The van der Waals surface area contributed by atoms with Crippen LogP contribution in [0.5, 0.6) is 0 Å². The Kier molecular flexibility index (Phi) is 18.5. The number of unbranched alkanes of at least 4 members (excludes halogenated alkanes) is 6. The minimum absolute atomic E-state index is 0. The van der Waals surface area contributed by atoms with E-state index in [1.54, 1.807) is 24.6 Å². The van der Waals surface area contributed by atoms with Crippen molar-refractivity contribution in [3.8, 4) is 0 Å². The van der Waals surface area contributed by atoms with Gasteiger partial charge in [0.2, 0.25) is 0 Å².